The molecule has 0 bridgehead atoms. The number of para-hydroxylation sites is 1. The van der Waals surface area contributed by atoms with Crippen LogP contribution in [0, 0.1) is 5.82 Å². The van der Waals surface area contributed by atoms with Crippen LogP contribution in [0.25, 0.3) is 0 Å². The van der Waals surface area contributed by atoms with Gasteiger partial charge < -0.3 is 16.2 Å². The van der Waals surface area contributed by atoms with Gasteiger partial charge in [-0.1, -0.05) is 18.2 Å². The molecule has 1 heterocycles. The van der Waals surface area contributed by atoms with E-state index in [1.807, 2.05) is 6.07 Å². The summed E-state index contributed by atoms with van der Waals surface area (Å²) in [4.78, 5) is 7.08. The Morgan fingerprint density at radius 1 is 1.06 bits per heavy atom. The summed E-state index contributed by atoms with van der Waals surface area (Å²) in [5, 5.41) is 0. The van der Waals surface area contributed by atoms with Gasteiger partial charge in [-0.2, -0.15) is 14.4 Å². The molecule has 82 valence electrons. The molecule has 0 fully saturated rings. The fourth-order valence-corrected chi connectivity index (χ4v) is 1.13. The molecule has 1 aromatic heterocycles. The molecule has 0 atom stereocenters. The molecule has 0 unspecified atom stereocenters. The van der Waals surface area contributed by atoms with E-state index in [2.05, 4.69) is 9.97 Å². The van der Waals surface area contributed by atoms with Crippen LogP contribution in [-0.2, 0) is 0 Å². The third-order valence-corrected chi connectivity index (χ3v) is 1.82. The van der Waals surface area contributed by atoms with Crippen molar-refractivity contribution < 1.29 is 9.13 Å². The molecular weight excluding hydrogens is 211 g/mol. The number of nitrogens with zero attached hydrogens (tertiary/aromatic N) is 2. The Bertz CT molecular complexity index is 504. The van der Waals surface area contributed by atoms with Gasteiger partial charge in [-0.15, -0.1) is 0 Å². The Morgan fingerprint density at radius 2 is 1.75 bits per heavy atom. The van der Waals surface area contributed by atoms with Crippen molar-refractivity contribution in [1.29, 1.82) is 0 Å². The van der Waals surface area contributed by atoms with E-state index in [0.29, 0.717) is 5.75 Å². The highest BCUT2D eigenvalue weighted by Gasteiger charge is 2.12. The summed E-state index contributed by atoms with van der Waals surface area (Å²) >= 11 is 0. The fraction of sp³-hybridized carbons (Fsp3) is 0. The van der Waals surface area contributed by atoms with Gasteiger partial charge in [0.25, 0.3) is 5.88 Å². The molecule has 0 spiro atoms. The number of hydrogen-bond donors (Lipinski definition) is 2. The minimum Gasteiger partial charge on any atom is -0.436 e. The van der Waals surface area contributed by atoms with Gasteiger partial charge in [0, 0.05) is 0 Å². The van der Waals surface area contributed by atoms with Crippen LogP contribution in [-0.4, -0.2) is 9.97 Å². The first-order valence-electron chi connectivity index (χ1n) is 4.48. The summed E-state index contributed by atoms with van der Waals surface area (Å²) in [6.07, 6.45) is 0. The molecule has 1 aromatic carbocycles. The number of hydrogen-bond acceptors (Lipinski definition) is 5. The van der Waals surface area contributed by atoms with Crippen molar-refractivity contribution in [3.05, 3.63) is 36.1 Å². The van der Waals surface area contributed by atoms with Gasteiger partial charge in [-0.25, -0.2) is 0 Å². The summed E-state index contributed by atoms with van der Waals surface area (Å²) in [6, 6.07) is 8.63. The summed E-state index contributed by atoms with van der Waals surface area (Å²) in [5.41, 5.74) is 10.6. The number of nitrogen functional groups attached to an aromatic ring is 2. The Balaban J connectivity index is 2.35. The molecule has 5 nitrogen and oxygen atoms in total. The SMILES string of the molecule is Nc1nc(N)c(F)c(Oc2ccccc2)n1. The first kappa shape index (κ1) is 10.2. The zero-order chi connectivity index (χ0) is 11.5. The molecular formula is C10H9FN4O. The molecule has 0 aliphatic carbocycles. The van der Waals surface area contributed by atoms with Crippen LogP contribution >= 0.6 is 0 Å². The van der Waals surface area contributed by atoms with E-state index in [4.69, 9.17) is 16.2 Å². The standard InChI is InChI=1S/C10H9FN4O/c11-7-8(12)14-10(13)15-9(7)16-6-4-2-1-3-5-6/h1-5H,(H4,12,13,14,15). The smallest absolute Gasteiger partial charge is 0.263 e. The molecule has 16 heavy (non-hydrogen) atoms. The molecule has 0 amide bonds. The van der Waals surface area contributed by atoms with Gasteiger partial charge in [0.15, 0.2) is 5.82 Å². The Kier molecular flexibility index (Phi) is 2.55. The number of benzene rings is 1. The molecule has 4 N–H and O–H groups in total. The predicted octanol–water partition coefficient (Wildman–Crippen LogP) is 1.57. The second-order valence-corrected chi connectivity index (χ2v) is 3.00. The largest absolute Gasteiger partial charge is 0.436 e. The second-order valence-electron chi connectivity index (χ2n) is 3.00. The number of ether oxygens (including phenoxy) is 1. The van der Waals surface area contributed by atoms with E-state index in [1.165, 1.54) is 0 Å². The number of rotatable bonds is 2. The lowest BCUT2D eigenvalue weighted by molar-refractivity contribution is 0.423. The Hall–Kier alpha value is -2.37. The summed E-state index contributed by atoms with van der Waals surface area (Å²) < 4.78 is 18.6. The molecule has 0 saturated carbocycles. The number of nitrogens with two attached hydrogens (primary N) is 2. The highest BCUT2D eigenvalue weighted by molar-refractivity contribution is 5.42. The van der Waals surface area contributed by atoms with Crippen LogP contribution < -0.4 is 16.2 Å². The molecule has 2 rings (SSSR count). The lowest BCUT2D eigenvalue weighted by Crippen LogP contribution is -2.05. The highest BCUT2D eigenvalue weighted by Crippen LogP contribution is 2.24. The first-order chi connectivity index (χ1) is 7.66. The monoisotopic (exact) mass is 220 g/mol. The van der Waals surface area contributed by atoms with E-state index in [1.54, 1.807) is 24.3 Å². The van der Waals surface area contributed by atoms with Crippen molar-refractivity contribution in [3.63, 3.8) is 0 Å². The lowest BCUT2D eigenvalue weighted by Gasteiger charge is -2.06. The van der Waals surface area contributed by atoms with Gasteiger partial charge in [0.05, 0.1) is 0 Å². The van der Waals surface area contributed by atoms with Gasteiger partial charge in [-0.3, -0.25) is 0 Å². The maximum Gasteiger partial charge on any atom is 0.263 e. The average Bonchev–Trinajstić information content (AvgIpc) is 2.27. The van der Waals surface area contributed by atoms with E-state index in [0.717, 1.165) is 0 Å². The average molecular weight is 220 g/mol. The first-order valence-corrected chi connectivity index (χ1v) is 4.48. The summed E-state index contributed by atoms with van der Waals surface area (Å²) in [5.74, 6) is -1.13. The van der Waals surface area contributed by atoms with Gasteiger partial charge in [0.1, 0.15) is 5.75 Å². The molecule has 0 saturated heterocycles. The van der Waals surface area contributed by atoms with Crippen LogP contribution in [0.3, 0.4) is 0 Å². The van der Waals surface area contributed by atoms with Crippen LogP contribution in [0.15, 0.2) is 30.3 Å². The Labute approximate surface area is 90.9 Å². The number of halogens is 1. The van der Waals surface area contributed by atoms with Gasteiger partial charge in [0.2, 0.25) is 11.8 Å². The van der Waals surface area contributed by atoms with Crippen molar-refractivity contribution in [2.75, 3.05) is 11.5 Å². The Morgan fingerprint density at radius 3 is 2.44 bits per heavy atom. The molecule has 2 aromatic rings. The third kappa shape index (κ3) is 2.00. The minimum absolute atomic E-state index is 0.134. The van der Waals surface area contributed by atoms with E-state index >= 15 is 0 Å². The van der Waals surface area contributed by atoms with Crippen LogP contribution in [0.2, 0.25) is 0 Å². The van der Waals surface area contributed by atoms with Crippen LogP contribution in [0.4, 0.5) is 16.2 Å². The zero-order valence-corrected chi connectivity index (χ0v) is 8.22. The number of aromatic nitrogens is 2. The maximum atomic E-state index is 13.4. The van der Waals surface area contributed by atoms with Gasteiger partial charge in [-0.05, 0) is 12.1 Å². The molecule has 0 aliphatic heterocycles. The molecule has 0 aliphatic rings. The lowest BCUT2D eigenvalue weighted by atomic mass is 10.3. The van der Waals surface area contributed by atoms with Gasteiger partial charge >= 0.3 is 0 Å². The minimum atomic E-state index is -0.821. The highest BCUT2D eigenvalue weighted by atomic mass is 19.1. The fourth-order valence-electron chi connectivity index (χ4n) is 1.13. The van der Waals surface area contributed by atoms with Crippen LogP contribution in [0.5, 0.6) is 11.6 Å². The zero-order valence-electron chi connectivity index (χ0n) is 8.22. The summed E-state index contributed by atoms with van der Waals surface area (Å²) in [7, 11) is 0. The van der Waals surface area contributed by atoms with Crippen molar-refractivity contribution in [3.8, 4) is 11.6 Å². The normalized spacial score (nSPS) is 10.1. The quantitative estimate of drug-likeness (QED) is 0.802. The van der Waals surface area contributed by atoms with E-state index < -0.39 is 5.82 Å². The van der Waals surface area contributed by atoms with E-state index in [9.17, 15) is 4.39 Å². The van der Waals surface area contributed by atoms with Crippen molar-refractivity contribution in [1.82, 2.24) is 9.97 Å². The van der Waals surface area contributed by atoms with Crippen LogP contribution in [0.1, 0.15) is 0 Å². The van der Waals surface area contributed by atoms with E-state index in [-0.39, 0.29) is 17.6 Å². The topological polar surface area (TPSA) is 87.0 Å². The van der Waals surface area contributed by atoms with Crippen molar-refractivity contribution in [2.45, 2.75) is 0 Å². The number of anilines is 2. The maximum absolute atomic E-state index is 13.4. The van der Waals surface area contributed by atoms with Crippen molar-refractivity contribution in [2.24, 2.45) is 0 Å². The predicted molar refractivity (Wildman–Crippen MR) is 57.3 cm³/mol. The molecule has 6 heteroatoms. The summed E-state index contributed by atoms with van der Waals surface area (Å²) in [6.45, 7) is 0. The third-order valence-electron chi connectivity index (χ3n) is 1.82. The van der Waals surface area contributed by atoms with Crippen molar-refractivity contribution >= 4 is 11.8 Å². The molecule has 0 radical (unpaired) electrons. The second kappa shape index (κ2) is 4.01.